The smallest absolute Gasteiger partial charge is 0.303 e. The minimum absolute atomic E-state index is 0.0447. The fourth-order valence-corrected chi connectivity index (χ4v) is 2.46. The first-order valence-corrected chi connectivity index (χ1v) is 8.44. The number of ether oxygens (including phenoxy) is 5. The van der Waals surface area contributed by atoms with E-state index in [0.29, 0.717) is 19.0 Å². The lowest BCUT2D eigenvalue weighted by molar-refractivity contribution is -0.226. The molecular formula is C19H24O7. The van der Waals surface area contributed by atoms with Crippen LogP contribution in [0.15, 0.2) is 42.2 Å². The Morgan fingerprint density at radius 1 is 1.04 bits per heavy atom. The molecule has 1 aromatic carbocycles. The summed E-state index contributed by atoms with van der Waals surface area (Å²) < 4.78 is 27.5. The van der Waals surface area contributed by atoms with Gasteiger partial charge in [-0.2, -0.15) is 0 Å². The van der Waals surface area contributed by atoms with Crippen LogP contribution in [0, 0.1) is 0 Å². The van der Waals surface area contributed by atoms with Crippen LogP contribution in [0.25, 0.3) is 0 Å². The Balaban J connectivity index is 2.17. The third-order valence-electron chi connectivity index (χ3n) is 3.55. The number of esters is 2. The molecule has 0 saturated carbocycles. The lowest BCUT2D eigenvalue weighted by Crippen LogP contribution is -2.47. The Bertz CT molecular complexity index is 626. The molecule has 0 radical (unpaired) electrons. The Morgan fingerprint density at radius 3 is 2.38 bits per heavy atom. The summed E-state index contributed by atoms with van der Waals surface area (Å²) in [5.41, 5.74) is 0.975. The number of benzene rings is 1. The van der Waals surface area contributed by atoms with Crippen molar-refractivity contribution >= 4 is 11.9 Å². The highest BCUT2D eigenvalue weighted by Crippen LogP contribution is 2.25. The van der Waals surface area contributed by atoms with Crippen LogP contribution in [0.2, 0.25) is 0 Å². The molecule has 26 heavy (non-hydrogen) atoms. The summed E-state index contributed by atoms with van der Waals surface area (Å²) in [4.78, 5) is 22.6. The normalized spacial score (nSPS) is 22.1. The van der Waals surface area contributed by atoms with Crippen LogP contribution in [0.3, 0.4) is 0 Å². The van der Waals surface area contributed by atoms with E-state index in [2.05, 4.69) is 0 Å². The largest absolute Gasteiger partial charge is 0.462 e. The maximum atomic E-state index is 11.5. The van der Waals surface area contributed by atoms with E-state index < -0.39 is 30.4 Å². The zero-order chi connectivity index (χ0) is 18.9. The summed E-state index contributed by atoms with van der Waals surface area (Å²) in [7, 11) is 0. The molecule has 7 heteroatoms. The second-order valence-corrected chi connectivity index (χ2v) is 5.69. The Morgan fingerprint density at radius 2 is 1.77 bits per heavy atom. The van der Waals surface area contributed by atoms with Gasteiger partial charge in [0.1, 0.15) is 18.5 Å². The quantitative estimate of drug-likeness (QED) is 0.655. The van der Waals surface area contributed by atoms with Crippen LogP contribution >= 0.6 is 0 Å². The van der Waals surface area contributed by atoms with Gasteiger partial charge in [-0.25, -0.2) is 0 Å². The second-order valence-electron chi connectivity index (χ2n) is 5.69. The van der Waals surface area contributed by atoms with Gasteiger partial charge in [-0.15, -0.1) is 0 Å². The highest BCUT2D eigenvalue weighted by Gasteiger charge is 2.39. The van der Waals surface area contributed by atoms with Crippen LogP contribution in [-0.4, -0.2) is 43.7 Å². The van der Waals surface area contributed by atoms with E-state index in [1.165, 1.54) is 13.8 Å². The first-order valence-electron chi connectivity index (χ1n) is 8.44. The van der Waals surface area contributed by atoms with E-state index >= 15 is 0 Å². The summed E-state index contributed by atoms with van der Waals surface area (Å²) >= 11 is 0. The van der Waals surface area contributed by atoms with Crippen LogP contribution in [-0.2, 0) is 39.9 Å². The maximum Gasteiger partial charge on any atom is 0.303 e. The maximum absolute atomic E-state index is 11.5. The number of carbonyl (C=O) groups excluding carboxylic acids is 2. The van der Waals surface area contributed by atoms with Crippen molar-refractivity contribution in [3.63, 3.8) is 0 Å². The van der Waals surface area contributed by atoms with Gasteiger partial charge in [-0.3, -0.25) is 9.59 Å². The zero-order valence-corrected chi connectivity index (χ0v) is 15.2. The molecule has 0 spiro atoms. The fourth-order valence-electron chi connectivity index (χ4n) is 2.46. The molecule has 1 aliphatic heterocycles. The molecule has 7 nitrogen and oxygen atoms in total. The van der Waals surface area contributed by atoms with Crippen LogP contribution < -0.4 is 0 Å². The van der Waals surface area contributed by atoms with Gasteiger partial charge >= 0.3 is 11.9 Å². The van der Waals surface area contributed by atoms with E-state index in [-0.39, 0.29) is 6.61 Å². The molecule has 0 aliphatic carbocycles. The Hall–Kier alpha value is -2.38. The molecule has 3 atom stereocenters. The standard InChI is InChI=1S/C19H24O7/c1-4-22-19-18(25-14(3)21)17(10-16(26-19)12-23-13(2)20)24-11-15-8-6-5-7-9-15/h5-10,17-19H,4,11-12H2,1-3H3/t17-,18-,19+/m0/s1. The molecule has 0 amide bonds. The van der Waals surface area contributed by atoms with Crippen molar-refractivity contribution in [2.75, 3.05) is 13.2 Å². The SMILES string of the molecule is CCO[C@@H]1OC(COC(C)=O)=C[C@H](OCc2ccccc2)[C@@H]1OC(C)=O. The average Bonchev–Trinajstić information content (AvgIpc) is 2.61. The molecule has 0 unspecified atom stereocenters. The van der Waals surface area contributed by atoms with E-state index in [0.717, 1.165) is 5.56 Å². The van der Waals surface area contributed by atoms with Gasteiger partial charge in [0.15, 0.2) is 6.10 Å². The van der Waals surface area contributed by atoms with Crippen molar-refractivity contribution in [3.05, 3.63) is 47.7 Å². The van der Waals surface area contributed by atoms with Crippen molar-refractivity contribution in [1.82, 2.24) is 0 Å². The fraction of sp³-hybridized carbons (Fsp3) is 0.474. The van der Waals surface area contributed by atoms with Gasteiger partial charge in [-0.05, 0) is 18.6 Å². The molecule has 1 aromatic rings. The first-order chi connectivity index (χ1) is 12.5. The van der Waals surface area contributed by atoms with Crippen molar-refractivity contribution < 1.29 is 33.3 Å². The molecule has 0 fully saturated rings. The van der Waals surface area contributed by atoms with Gasteiger partial charge in [0.05, 0.1) is 6.61 Å². The predicted molar refractivity (Wildman–Crippen MR) is 91.8 cm³/mol. The zero-order valence-electron chi connectivity index (χ0n) is 15.2. The average molecular weight is 364 g/mol. The molecule has 0 aromatic heterocycles. The molecule has 0 bridgehead atoms. The highest BCUT2D eigenvalue weighted by atomic mass is 16.7. The number of rotatable bonds is 8. The monoisotopic (exact) mass is 364 g/mol. The van der Waals surface area contributed by atoms with Gasteiger partial charge in [0.25, 0.3) is 0 Å². The van der Waals surface area contributed by atoms with E-state index in [9.17, 15) is 9.59 Å². The molecule has 0 saturated heterocycles. The predicted octanol–water partition coefficient (Wildman–Crippen LogP) is 2.34. The minimum Gasteiger partial charge on any atom is -0.462 e. The molecule has 142 valence electrons. The van der Waals surface area contributed by atoms with Gasteiger partial charge in [0.2, 0.25) is 6.29 Å². The number of hydrogen-bond donors (Lipinski definition) is 0. The Kier molecular flexibility index (Phi) is 7.62. The van der Waals surface area contributed by atoms with Gasteiger partial charge in [0, 0.05) is 20.5 Å². The third-order valence-corrected chi connectivity index (χ3v) is 3.55. The Labute approximate surface area is 152 Å². The minimum atomic E-state index is -0.847. The summed E-state index contributed by atoms with van der Waals surface area (Å²) in [6, 6.07) is 9.61. The van der Waals surface area contributed by atoms with Crippen LogP contribution in [0.4, 0.5) is 0 Å². The molecule has 1 aliphatic rings. The van der Waals surface area contributed by atoms with Crippen molar-refractivity contribution in [2.24, 2.45) is 0 Å². The van der Waals surface area contributed by atoms with Crippen molar-refractivity contribution in [3.8, 4) is 0 Å². The van der Waals surface area contributed by atoms with Crippen LogP contribution in [0.5, 0.6) is 0 Å². The van der Waals surface area contributed by atoms with Crippen LogP contribution in [0.1, 0.15) is 26.3 Å². The molecule has 1 heterocycles. The molecular weight excluding hydrogens is 340 g/mol. The van der Waals surface area contributed by atoms with Gasteiger partial charge < -0.3 is 23.7 Å². The molecule has 0 N–H and O–H groups in total. The van der Waals surface area contributed by atoms with Crippen molar-refractivity contribution in [1.29, 1.82) is 0 Å². The third kappa shape index (κ3) is 6.16. The summed E-state index contributed by atoms with van der Waals surface area (Å²) in [6.07, 6.45) is -0.568. The lowest BCUT2D eigenvalue weighted by Gasteiger charge is -2.35. The highest BCUT2D eigenvalue weighted by molar-refractivity contribution is 5.66. The van der Waals surface area contributed by atoms with Gasteiger partial charge in [-0.1, -0.05) is 30.3 Å². The second kappa shape index (κ2) is 9.94. The lowest BCUT2D eigenvalue weighted by atomic mass is 10.1. The van der Waals surface area contributed by atoms with E-state index in [1.807, 2.05) is 30.3 Å². The topological polar surface area (TPSA) is 80.3 Å². The summed E-state index contributed by atoms with van der Waals surface area (Å²) in [6.45, 7) is 5.06. The van der Waals surface area contributed by atoms with E-state index in [4.69, 9.17) is 23.7 Å². The molecule has 2 rings (SSSR count). The van der Waals surface area contributed by atoms with E-state index in [1.54, 1.807) is 13.0 Å². The first kappa shape index (κ1) is 19.9. The van der Waals surface area contributed by atoms with Crippen molar-refractivity contribution in [2.45, 2.75) is 45.9 Å². The number of carbonyl (C=O) groups is 2. The summed E-state index contributed by atoms with van der Waals surface area (Å²) in [5.74, 6) is -0.500. The number of hydrogen-bond acceptors (Lipinski definition) is 7. The summed E-state index contributed by atoms with van der Waals surface area (Å²) in [5, 5.41) is 0.